The fraction of sp³-hybridized carbons (Fsp3) is 0.300. The molecule has 1 aliphatic heterocycles. The van der Waals surface area contributed by atoms with Gasteiger partial charge in [0.15, 0.2) is 0 Å². The molecule has 3 heterocycles. The highest BCUT2D eigenvalue weighted by molar-refractivity contribution is 5.96. The van der Waals surface area contributed by atoms with E-state index >= 15 is 0 Å². The molecule has 1 fully saturated rings. The van der Waals surface area contributed by atoms with Gasteiger partial charge in [-0.15, -0.1) is 0 Å². The van der Waals surface area contributed by atoms with E-state index in [0.29, 0.717) is 25.1 Å². The van der Waals surface area contributed by atoms with E-state index in [0.717, 1.165) is 22.2 Å². The van der Waals surface area contributed by atoms with Crippen molar-refractivity contribution in [2.24, 2.45) is 0 Å². The number of ether oxygens (including phenoxy) is 1. The Morgan fingerprint density at radius 1 is 1.30 bits per heavy atom. The third-order valence-electron chi connectivity index (χ3n) is 4.67. The molecule has 0 bridgehead atoms. The molecule has 1 aromatic carbocycles. The number of amides is 1. The van der Waals surface area contributed by atoms with E-state index in [1.54, 1.807) is 24.7 Å². The number of carbonyl (C=O) groups excluding carboxylic acids is 1. The molecule has 138 valence electrons. The third kappa shape index (κ3) is 3.94. The topological polar surface area (TPSA) is 97.2 Å². The number of nitrogens with one attached hydrogen (secondary N) is 1. The highest BCUT2D eigenvalue weighted by Crippen LogP contribution is 2.21. The summed E-state index contributed by atoms with van der Waals surface area (Å²) in [6.45, 7) is 0.749. The summed E-state index contributed by atoms with van der Waals surface area (Å²) in [6, 6.07) is 9.17. The van der Waals surface area contributed by atoms with Gasteiger partial charge in [0.2, 0.25) is 0 Å². The number of rotatable bonds is 4. The molecule has 27 heavy (non-hydrogen) atoms. The Hall–Kier alpha value is -2.90. The second-order valence-electron chi connectivity index (χ2n) is 6.57. The number of carbonyl (C=O) groups is 1. The van der Waals surface area contributed by atoms with Gasteiger partial charge in [-0.3, -0.25) is 14.8 Å². The quantitative estimate of drug-likeness (QED) is 0.728. The monoisotopic (exact) mass is 364 g/mol. The number of hydrogen-bond acceptors (Lipinski definition) is 6. The van der Waals surface area contributed by atoms with E-state index in [1.165, 1.54) is 0 Å². The highest BCUT2D eigenvalue weighted by Gasteiger charge is 2.26. The maximum absolute atomic E-state index is 12.8. The molecule has 2 aromatic heterocycles. The molecule has 0 radical (unpaired) electrons. The van der Waals surface area contributed by atoms with Crippen molar-refractivity contribution in [2.45, 2.75) is 25.0 Å². The lowest BCUT2D eigenvalue weighted by molar-refractivity contribution is -0.0261. The van der Waals surface area contributed by atoms with Crippen LogP contribution in [0.3, 0.4) is 0 Å². The first kappa shape index (κ1) is 17.5. The molecule has 7 nitrogen and oxygen atoms in total. The Labute approximate surface area is 156 Å². The van der Waals surface area contributed by atoms with Gasteiger partial charge in [-0.25, -0.2) is 4.98 Å². The fourth-order valence-electron chi connectivity index (χ4n) is 3.26. The summed E-state index contributed by atoms with van der Waals surface area (Å²) in [5, 5.41) is 13.9. The molecule has 0 saturated carbocycles. The molecule has 2 N–H and O–H groups in total. The molecule has 0 aliphatic carbocycles. The maximum Gasteiger partial charge on any atom is 0.270 e. The van der Waals surface area contributed by atoms with Crippen LogP contribution < -0.4 is 5.32 Å². The number of aliphatic hydroxyl groups is 1. The van der Waals surface area contributed by atoms with Crippen LogP contribution in [0, 0.1) is 0 Å². The predicted octanol–water partition coefficient (Wildman–Crippen LogP) is 1.50. The largest absolute Gasteiger partial charge is 0.389 e. The number of aliphatic hydroxyl groups excluding tert-OH is 1. The number of benzene rings is 1. The van der Waals surface area contributed by atoms with Crippen molar-refractivity contribution in [3.8, 4) is 0 Å². The van der Waals surface area contributed by atoms with Gasteiger partial charge >= 0.3 is 0 Å². The van der Waals surface area contributed by atoms with Crippen LogP contribution in [0.25, 0.3) is 10.9 Å². The van der Waals surface area contributed by atoms with Crippen molar-refractivity contribution in [1.82, 2.24) is 20.3 Å². The van der Waals surface area contributed by atoms with Crippen molar-refractivity contribution in [2.75, 3.05) is 13.2 Å². The predicted molar refractivity (Wildman–Crippen MR) is 99.3 cm³/mol. The Morgan fingerprint density at radius 2 is 2.19 bits per heavy atom. The number of nitrogens with zero attached hydrogens (tertiary/aromatic N) is 3. The SMILES string of the molecule is O=C(N[C@H]1CCOC[C@@H]1O)c1cc(Cc2cnccn2)c2ccccc2n1. The number of hydrogen-bond donors (Lipinski definition) is 2. The Bertz CT molecular complexity index is 948. The van der Waals surface area contributed by atoms with Crippen molar-refractivity contribution in [3.63, 3.8) is 0 Å². The minimum Gasteiger partial charge on any atom is -0.389 e. The molecule has 0 unspecified atom stereocenters. The van der Waals surface area contributed by atoms with Gasteiger partial charge in [0.25, 0.3) is 5.91 Å². The molecule has 2 atom stereocenters. The van der Waals surface area contributed by atoms with Gasteiger partial charge in [-0.1, -0.05) is 18.2 Å². The van der Waals surface area contributed by atoms with E-state index in [4.69, 9.17) is 4.74 Å². The van der Waals surface area contributed by atoms with Crippen LogP contribution in [0.1, 0.15) is 28.2 Å². The minimum absolute atomic E-state index is 0.230. The summed E-state index contributed by atoms with van der Waals surface area (Å²) in [6.07, 6.45) is 5.42. The highest BCUT2D eigenvalue weighted by atomic mass is 16.5. The molecule has 1 aliphatic rings. The van der Waals surface area contributed by atoms with Crippen LogP contribution in [0.2, 0.25) is 0 Å². The van der Waals surface area contributed by atoms with E-state index in [-0.39, 0.29) is 18.6 Å². The third-order valence-corrected chi connectivity index (χ3v) is 4.67. The molecule has 0 spiro atoms. The molecular formula is C20H20N4O3. The van der Waals surface area contributed by atoms with Crippen LogP contribution >= 0.6 is 0 Å². The zero-order valence-corrected chi connectivity index (χ0v) is 14.7. The fourth-order valence-corrected chi connectivity index (χ4v) is 3.26. The number of para-hydroxylation sites is 1. The standard InChI is InChI=1S/C20H20N4O3/c25-19-12-27-8-5-17(19)24-20(26)18-10-13(9-14-11-21-6-7-22-14)15-3-1-2-4-16(15)23-18/h1-4,6-7,10-11,17,19,25H,5,8-9,12H2,(H,24,26)/t17-,19-/m0/s1. The molecule has 7 heteroatoms. The van der Waals surface area contributed by atoms with Gasteiger partial charge in [0.05, 0.1) is 30.0 Å². The maximum atomic E-state index is 12.8. The average Bonchev–Trinajstić information content (AvgIpc) is 2.70. The summed E-state index contributed by atoms with van der Waals surface area (Å²) < 4.78 is 5.21. The number of pyridine rings is 1. The molecule has 1 saturated heterocycles. The molecule has 4 rings (SSSR count). The summed E-state index contributed by atoms with van der Waals surface area (Å²) in [5.74, 6) is -0.299. The summed E-state index contributed by atoms with van der Waals surface area (Å²) in [7, 11) is 0. The van der Waals surface area contributed by atoms with E-state index < -0.39 is 6.10 Å². The van der Waals surface area contributed by atoms with Crippen molar-refractivity contribution >= 4 is 16.8 Å². The van der Waals surface area contributed by atoms with Crippen LogP contribution in [-0.4, -0.2) is 51.3 Å². The zero-order chi connectivity index (χ0) is 18.6. The second-order valence-corrected chi connectivity index (χ2v) is 6.57. The smallest absolute Gasteiger partial charge is 0.270 e. The van der Waals surface area contributed by atoms with Gasteiger partial charge in [-0.05, 0) is 24.1 Å². The lowest BCUT2D eigenvalue weighted by Crippen LogP contribution is -2.48. The van der Waals surface area contributed by atoms with Crippen LogP contribution in [-0.2, 0) is 11.2 Å². The van der Waals surface area contributed by atoms with Gasteiger partial charge in [-0.2, -0.15) is 0 Å². The lowest BCUT2D eigenvalue weighted by atomic mass is 10.0. The molecule has 3 aromatic rings. The Balaban J connectivity index is 1.65. The summed E-state index contributed by atoms with van der Waals surface area (Å²) >= 11 is 0. The minimum atomic E-state index is -0.706. The number of aromatic nitrogens is 3. The number of fused-ring (bicyclic) bond motifs is 1. The van der Waals surface area contributed by atoms with Gasteiger partial charge in [0, 0.05) is 37.0 Å². The summed E-state index contributed by atoms with van der Waals surface area (Å²) in [5.41, 5.74) is 2.85. The van der Waals surface area contributed by atoms with E-state index in [1.807, 2.05) is 24.3 Å². The zero-order valence-electron chi connectivity index (χ0n) is 14.7. The lowest BCUT2D eigenvalue weighted by Gasteiger charge is -2.28. The van der Waals surface area contributed by atoms with Crippen LogP contribution in [0.4, 0.5) is 0 Å². The first-order valence-corrected chi connectivity index (χ1v) is 8.91. The van der Waals surface area contributed by atoms with E-state index in [9.17, 15) is 9.90 Å². The first-order chi connectivity index (χ1) is 13.2. The first-order valence-electron chi connectivity index (χ1n) is 8.91. The van der Waals surface area contributed by atoms with Crippen molar-refractivity contribution in [1.29, 1.82) is 0 Å². The molecular weight excluding hydrogens is 344 g/mol. The van der Waals surface area contributed by atoms with Gasteiger partial charge in [0.1, 0.15) is 5.69 Å². The normalized spacial score (nSPS) is 19.7. The van der Waals surface area contributed by atoms with Gasteiger partial charge < -0.3 is 15.2 Å². The van der Waals surface area contributed by atoms with Crippen molar-refractivity contribution < 1.29 is 14.6 Å². The van der Waals surface area contributed by atoms with E-state index in [2.05, 4.69) is 20.3 Å². The van der Waals surface area contributed by atoms with Crippen molar-refractivity contribution in [3.05, 3.63) is 65.9 Å². The molecule has 1 amide bonds. The van der Waals surface area contributed by atoms with Crippen LogP contribution in [0.15, 0.2) is 48.9 Å². The Kier molecular flexibility index (Phi) is 5.04. The second kappa shape index (κ2) is 7.77. The Morgan fingerprint density at radius 3 is 3.00 bits per heavy atom. The van der Waals surface area contributed by atoms with Crippen LogP contribution in [0.5, 0.6) is 0 Å². The summed E-state index contributed by atoms with van der Waals surface area (Å²) in [4.78, 5) is 25.7. The average molecular weight is 364 g/mol.